The topological polar surface area (TPSA) is 3.24 Å². The van der Waals surface area contributed by atoms with E-state index in [0.29, 0.717) is 11.5 Å². The van der Waals surface area contributed by atoms with Crippen LogP contribution in [0.2, 0.25) is 0 Å². The zero-order valence-electron chi connectivity index (χ0n) is 11.5. The smallest absolute Gasteiger partial charge is 0.0347 e. The van der Waals surface area contributed by atoms with Crippen molar-refractivity contribution in [2.45, 2.75) is 40.2 Å². The van der Waals surface area contributed by atoms with E-state index in [1.165, 1.54) is 17.5 Å². The number of hydrogen-bond acceptors (Lipinski definition) is 1. The summed E-state index contributed by atoms with van der Waals surface area (Å²) in [5, 5.41) is 0. The van der Waals surface area contributed by atoms with Gasteiger partial charge in [-0.25, -0.2) is 0 Å². The Labute approximate surface area is 100 Å². The van der Waals surface area contributed by atoms with Crippen LogP contribution in [0.4, 0.5) is 0 Å². The standard InChI is InChI=1S/C15H25N/c1-12-8-7-9-13(10-12)14(16(5)6)11-15(2,3)4/h7-10,14H,11H2,1-6H3. The van der Waals surface area contributed by atoms with Crippen molar-refractivity contribution < 1.29 is 0 Å². The van der Waals surface area contributed by atoms with E-state index in [9.17, 15) is 0 Å². The molecule has 0 spiro atoms. The van der Waals surface area contributed by atoms with Crippen molar-refractivity contribution in [3.8, 4) is 0 Å². The van der Waals surface area contributed by atoms with E-state index in [0.717, 1.165) is 0 Å². The van der Waals surface area contributed by atoms with E-state index < -0.39 is 0 Å². The molecular formula is C15H25N. The highest BCUT2D eigenvalue weighted by Crippen LogP contribution is 2.32. The maximum atomic E-state index is 2.32. The summed E-state index contributed by atoms with van der Waals surface area (Å²) in [5.74, 6) is 0. The van der Waals surface area contributed by atoms with Crippen LogP contribution in [0.1, 0.15) is 44.4 Å². The van der Waals surface area contributed by atoms with Crippen LogP contribution in [0.25, 0.3) is 0 Å². The number of nitrogens with zero attached hydrogens (tertiary/aromatic N) is 1. The number of rotatable bonds is 3. The first-order valence-corrected chi connectivity index (χ1v) is 6.02. The van der Waals surface area contributed by atoms with E-state index >= 15 is 0 Å². The molecule has 0 aliphatic carbocycles. The average Bonchev–Trinajstić information content (AvgIpc) is 2.12. The van der Waals surface area contributed by atoms with Gasteiger partial charge in [0, 0.05) is 6.04 Å². The number of hydrogen-bond donors (Lipinski definition) is 0. The normalized spacial score (nSPS) is 14.2. The number of aryl methyl sites for hydroxylation is 1. The van der Waals surface area contributed by atoms with Crippen LogP contribution in [-0.4, -0.2) is 19.0 Å². The number of benzene rings is 1. The summed E-state index contributed by atoms with van der Waals surface area (Å²) in [6, 6.07) is 9.37. The van der Waals surface area contributed by atoms with Gasteiger partial charge in [-0.2, -0.15) is 0 Å². The van der Waals surface area contributed by atoms with E-state index in [1.54, 1.807) is 0 Å². The molecule has 0 fully saturated rings. The predicted molar refractivity (Wildman–Crippen MR) is 71.7 cm³/mol. The molecule has 1 aromatic rings. The Kier molecular flexibility index (Phi) is 4.15. The largest absolute Gasteiger partial charge is 0.302 e. The molecule has 0 radical (unpaired) electrons. The third kappa shape index (κ3) is 3.97. The van der Waals surface area contributed by atoms with Crippen LogP contribution >= 0.6 is 0 Å². The van der Waals surface area contributed by atoms with Crippen molar-refractivity contribution >= 4 is 0 Å². The van der Waals surface area contributed by atoms with Crippen molar-refractivity contribution in [1.82, 2.24) is 4.90 Å². The first kappa shape index (κ1) is 13.2. The predicted octanol–water partition coefficient (Wildman–Crippen LogP) is 4.03. The lowest BCUT2D eigenvalue weighted by atomic mass is 9.85. The molecule has 1 nitrogen and oxygen atoms in total. The minimum absolute atomic E-state index is 0.360. The van der Waals surface area contributed by atoms with E-state index in [1.807, 2.05) is 0 Å². The molecule has 0 saturated heterocycles. The molecule has 0 aromatic heterocycles. The fourth-order valence-corrected chi connectivity index (χ4v) is 2.06. The average molecular weight is 219 g/mol. The molecule has 16 heavy (non-hydrogen) atoms. The highest BCUT2D eigenvalue weighted by molar-refractivity contribution is 5.25. The van der Waals surface area contributed by atoms with E-state index in [-0.39, 0.29) is 0 Å². The highest BCUT2D eigenvalue weighted by atomic mass is 15.1. The summed E-state index contributed by atoms with van der Waals surface area (Å²) in [5.41, 5.74) is 3.14. The summed E-state index contributed by atoms with van der Waals surface area (Å²) < 4.78 is 0. The van der Waals surface area contributed by atoms with E-state index in [4.69, 9.17) is 0 Å². The molecule has 0 aliphatic rings. The maximum absolute atomic E-state index is 2.32. The van der Waals surface area contributed by atoms with Crippen molar-refractivity contribution in [3.63, 3.8) is 0 Å². The molecule has 1 atom stereocenters. The summed E-state index contributed by atoms with van der Waals surface area (Å²) in [7, 11) is 4.33. The lowest BCUT2D eigenvalue weighted by Gasteiger charge is -2.31. The molecular weight excluding hydrogens is 194 g/mol. The van der Waals surface area contributed by atoms with Gasteiger partial charge in [-0.05, 0) is 38.4 Å². The van der Waals surface area contributed by atoms with Gasteiger partial charge in [-0.15, -0.1) is 0 Å². The van der Waals surface area contributed by atoms with Crippen LogP contribution in [0.15, 0.2) is 24.3 Å². The Bertz CT molecular complexity index is 334. The lowest BCUT2D eigenvalue weighted by molar-refractivity contribution is 0.211. The van der Waals surface area contributed by atoms with Crippen molar-refractivity contribution in [3.05, 3.63) is 35.4 Å². The Hall–Kier alpha value is -0.820. The third-order valence-electron chi connectivity index (χ3n) is 2.86. The van der Waals surface area contributed by atoms with Crippen LogP contribution in [0.3, 0.4) is 0 Å². The van der Waals surface area contributed by atoms with E-state index in [2.05, 4.69) is 71.0 Å². The second-order valence-electron chi connectivity index (χ2n) is 6.16. The summed E-state index contributed by atoms with van der Waals surface area (Å²) >= 11 is 0. The first-order chi connectivity index (χ1) is 7.29. The van der Waals surface area contributed by atoms with Gasteiger partial charge in [0.2, 0.25) is 0 Å². The molecule has 0 bridgehead atoms. The molecule has 1 heteroatoms. The van der Waals surface area contributed by atoms with Crippen LogP contribution < -0.4 is 0 Å². The Morgan fingerprint density at radius 2 is 1.81 bits per heavy atom. The van der Waals surface area contributed by atoms with Gasteiger partial charge in [-0.1, -0.05) is 50.6 Å². The lowest BCUT2D eigenvalue weighted by Crippen LogP contribution is -2.24. The van der Waals surface area contributed by atoms with Gasteiger partial charge in [0.15, 0.2) is 0 Å². The second kappa shape index (κ2) is 5.01. The van der Waals surface area contributed by atoms with Gasteiger partial charge in [0.25, 0.3) is 0 Å². The molecule has 1 rings (SSSR count). The summed E-state index contributed by atoms with van der Waals surface area (Å²) in [6.45, 7) is 9.07. The molecule has 1 unspecified atom stereocenters. The fraction of sp³-hybridized carbons (Fsp3) is 0.600. The summed E-state index contributed by atoms with van der Waals surface area (Å²) in [6.07, 6.45) is 1.18. The molecule has 0 heterocycles. The van der Waals surface area contributed by atoms with Gasteiger partial charge in [0.1, 0.15) is 0 Å². The zero-order chi connectivity index (χ0) is 12.3. The minimum Gasteiger partial charge on any atom is -0.302 e. The molecule has 0 amide bonds. The Morgan fingerprint density at radius 1 is 1.19 bits per heavy atom. The molecule has 0 saturated carbocycles. The van der Waals surface area contributed by atoms with Gasteiger partial charge >= 0.3 is 0 Å². The quantitative estimate of drug-likeness (QED) is 0.741. The van der Waals surface area contributed by atoms with Crippen molar-refractivity contribution in [2.75, 3.05) is 14.1 Å². The summed E-state index contributed by atoms with van der Waals surface area (Å²) in [4.78, 5) is 2.32. The Balaban J connectivity index is 2.94. The zero-order valence-corrected chi connectivity index (χ0v) is 11.5. The molecule has 0 aliphatic heterocycles. The van der Waals surface area contributed by atoms with Gasteiger partial charge in [0.05, 0.1) is 0 Å². The van der Waals surface area contributed by atoms with Crippen molar-refractivity contribution in [1.29, 1.82) is 0 Å². The van der Waals surface area contributed by atoms with Crippen molar-refractivity contribution in [2.24, 2.45) is 5.41 Å². The second-order valence-corrected chi connectivity index (χ2v) is 6.16. The van der Waals surface area contributed by atoms with Crippen LogP contribution in [0.5, 0.6) is 0 Å². The van der Waals surface area contributed by atoms with Crippen LogP contribution in [0, 0.1) is 12.3 Å². The first-order valence-electron chi connectivity index (χ1n) is 6.02. The SMILES string of the molecule is Cc1cccc(C(CC(C)(C)C)N(C)C)c1. The molecule has 0 N–H and O–H groups in total. The van der Waals surface area contributed by atoms with Gasteiger partial charge < -0.3 is 4.90 Å². The third-order valence-corrected chi connectivity index (χ3v) is 2.86. The highest BCUT2D eigenvalue weighted by Gasteiger charge is 2.21. The van der Waals surface area contributed by atoms with Gasteiger partial charge in [-0.3, -0.25) is 0 Å². The molecule has 1 aromatic carbocycles. The van der Waals surface area contributed by atoms with Crippen LogP contribution in [-0.2, 0) is 0 Å². The Morgan fingerprint density at radius 3 is 2.25 bits per heavy atom. The fourth-order valence-electron chi connectivity index (χ4n) is 2.06. The minimum atomic E-state index is 0.360. The monoisotopic (exact) mass is 219 g/mol. The maximum Gasteiger partial charge on any atom is 0.0347 e. The molecule has 90 valence electrons.